The first-order valence-corrected chi connectivity index (χ1v) is 6.43. The molecule has 1 aromatic carbocycles. The number of benzene rings is 1. The summed E-state index contributed by atoms with van der Waals surface area (Å²) in [6.07, 6.45) is 2.11. The zero-order valence-corrected chi connectivity index (χ0v) is 10.8. The number of halogens is 3. The minimum absolute atomic E-state index is 0.395. The van der Waals surface area contributed by atoms with Crippen LogP contribution in [-0.4, -0.2) is 23.9 Å². The van der Waals surface area contributed by atoms with Crippen molar-refractivity contribution >= 4 is 11.6 Å². The van der Waals surface area contributed by atoms with Gasteiger partial charge >= 0.3 is 0 Å². The molecule has 0 radical (unpaired) electrons. The number of hydrogen-bond donors (Lipinski definition) is 0. The summed E-state index contributed by atoms with van der Waals surface area (Å²) in [6.45, 7) is 4.06. The van der Waals surface area contributed by atoms with E-state index < -0.39 is 11.6 Å². The van der Waals surface area contributed by atoms with E-state index in [0.717, 1.165) is 25.5 Å². The molecule has 0 spiro atoms. The van der Waals surface area contributed by atoms with Gasteiger partial charge in [0.25, 0.3) is 0 Å². The van der Waals surface area contributed by atoms with Gasteiger partial charge in [0.1, 0.15) is 0 Å². The quantitative estimate of drug-likeness (QED) is 0.675. The fourth-order valence-corrected chi connectivity index (χ4v) is 1.92. The summed E-state index contributed by atoms with van der Waals surface area (Å²) in [5.74, 6) is -1.03. The maximum Gasteiger partial charge on any atom is 0.163 e. The van der Waals surface area contributed by atoms with Gasteiger partial charge < -0.3 is 0 Å². The van der Waals surface area contributed by atoms with E-state index in [4.69, 9.17) is 11.6 Å². The number of nitrogens with zero attached hydrogens (tertiary/aromatic N) is 1. The number of rotatable bonds is 7. The second-order valence-electron chi connectivity index (χ2n) is 4.03. The third-order valence-corrected chi connectivity index (χ3v) is 2.82. The minimum Gasteiger partial charge on any atom is -0.298 e. The molecule has 0 unspecified atom stereocenters. The van der Waals surface area contributed by atoms with Crippen LogP contribution in [0.3, 0.4) is 0 Å². The lowest BCUT2D eigenvalue weighted by Gasteiger charge is -2.21. The Morgan fingerprint density at radius 1 is 1.24 bits per heavy atom. The van der Waals surface area contributed by atoms with Crippen LogP contribution < -0.4 is 0 Å². The Kier molecular flexibility index (Phi) is 6.45. The zero-order valence-electron chi connectivity index (χ0n) is 10.1. The molecular formula is C13H18ClF2N. The maximum absolute atomic E-state index is 13.5. The summed E-state index contributed by atoms with van der Waals surface area (Å²) in [5.41, 5.74) is 0.395. The largest absolute Gasteiger partial charge is 0.298 e. The van der Waals surface area contributed by atoms with Crippen molar-refractivity contribution in [1.29, 1.82) is 0 Å². The minimum atomic E-state index is -0.788. The topological polar surface area (TPSA) is 3.24 Å². The van der Waals surface area contributed by atoms with Gasteiger partial charge in [-0.2, -0.15) is 0 Å². The first-order valence-electron chi connectivity index (χ1n) is 5.90. The molecule has 1 rings (SSSR count). The van der Waals surface area contributed by atoms with Gasteiger partial charge in [-0.05, 0) is 19.0 Å². The second-order valence-corrected chi connectivity index (χ2v) is 4.41. The monoisotopic (exact) mass is 261 g/mol. The summed E-state index contributed by atoms with van der Waals surface area (Å²) in [4.78, 5) is 2.05. The molecule has 4 heteroatoms. The summed E-state index contributed by atoms with van der Waals surface area (Å²) in [5, 5.41) is 0. The molecule has 96 valence electrons. The third-order valence-electron chi connectivity index (χ3n) is 2.65. The van der Waals surface area contributed by atoms with Crippen LogP contribution in [0, 0.1) is 11.6 Å². The first kappa shape index (κ1) is 14.4. The molecule has 0 aliphatic rings. The van der Waals surface area contributed by atoms with Crippen LogP contribution in [0.1, 0.15) is 25.3 Å². The Bertz CT molecular complexity index is 344. The van der Waals surface area contributed by atoms with Crippen LogP contribution in [0.5, 0.6) is 0 Å². The summed E-state index contributed by atoms with van der Waals surface area (Å²) >= 11 is 5.70. The van der Waals surface area contributed by atoms with Crippen molar-refractivity contribution in [3.05, 3.63) is 35.4 Å². The van der Waals surface area contributed by atoms with E-state index in [1.165, 1.54) is 6.07 Å². The highest BCUT2D eigenvalue weighted by atomic mass is 35.5. The molecule has 0 bridgehead atoms. The Balaban J connectivity index is 2.67. The van der Waals surface area contributed by atoms with Crippen molar-refractivity contribution in [3.63, 3.8) is 0 Å². The highest BCUT2D eigenvalue weighted by molar-refractivity contribution is 6.18. The zero-order chi connectivity index (χ0) is 12.7. The molecule has 0 aliphatic carbocycles. The lowest BCUT2D eigenvalue weighted by Crippen LogP contribution is -2.27. The van der Waals surface area contributed by atoms with Crippen LogP contribution in [0.4, 0.5) is 8.78 Å². The Morgan fingerprint density at radius 2 is 2.00 bits per heavy atom. The van der Waals surface area contributed by atoms with Crippen molar-refractivity contribution in [2.75, 3.05) is 19.0 Å². The van der Waals surface area contributed by atoms with Gasteiger partial charge in [-0.15, -0.1) is 11.6 Å². The second kappa shape index (κ2) is 7.62. The molecule has 1 nitrogen and oxygen atoms in total. The van der Waals surface area contributed by atoms with Crippen LogP contribution in [0.2, 0.25) is 0 Å². The molecule has 0 amide bonds. The molecule has 0 aromatic heterocycles. The lowest BCUT2D eigenvalue weighted by atomic mass is 10.2. The highest BCUT2D eigenvalue weighted by Crippen LogP contribution is 2.14. The van der Waals surface area contributed by atoms with Crippen LogP contribution in [-0.2, 0) is 6.54 Å². The first-order chi connectivity index (χ1) is 8.19. The lowest BCUT2D eigenvalue weighted by molar-refractivity contribution is 0.271. The maximum atomic E-state index is 13.5. The van der Waals surface area contributed by atoms with Gasteiger partial charge in [-0.25, -0.2) is 8.78 Å². The van der Waals surface area contributed by atoms with E-state index >= 15 is 0 Å². The summed E-state index contributed by atoms with van der Waals surface area (Å²) < 4.78 is 26.5. The van der Waals surface area contributed by atoms with E-state index in [2.05, 4.69) is 6.92 Å². The van der Waals surface area contributed by atoms with Crippen molar-refractivity contribution in [1.82, 2.24) is 4.90 Å². The normalized spacial score (nSPS) is 11.1. The molecule has 0 N–H and O–H groups in total. The van der Waals surface area contributed by atoms with Gasteiger partial charge in [-0.1, -0.05) is 25.5 Å². The average molecular weight is 262 g/mol. The van der Waals surface area contributed by atoms with Crippen molar-refractivity contribution in [2.45, 2.75) is 26.3 Å². The molecular weight excluding hydrogens is 244 g/mol. The van der Waals surface area contributed by atoms with Crippen LogP contribution >= 0.6 is 11.6 Å². The van der Waals surface area contributed by atoms with Gasteiger partial charge in [0, 0.05) is 24.5 Å². The molecule has 0 atom stereocenters. The highest BCUT2D eigenvalue weighted by Gasteiger charge is 2.11. The fourth-order valence-electron chi connectivity index (χ4n) is 1.68. The molecule has 0 aliphatic heterocycles. The molecule has 0 saturated heterocycles. The number of alkyl halides is 1. The molecule has 17 heavy (non-hydrogen) atoms. The van der Waals surface area contributed by atoms with E-state index in [-0.39, 0.29) is 0 Å². The smallest absolute Gasteiger partial charge is 0.163 e. The van der Waals surface area contributed by atoms with Crippen molar-refractivity contribution in [2.24, 2.45) is 0 Å². The third kappa shape index (κ3) is 4.60. The Morgan fingerprint density at radius 3 is 2.65 bits per heavy atom. The van der Waals surface area contributed by atoms with Crippen molar-refractivity contribution < 1.29 is 8.78 Å². The molecule has 0 saturated carbocycles. The predicted octanol–water partition coefficient (Wildman–Crippen LogP) is 3.81. The molecule has 1 aromatic rings. The van der Waals surface area contributed by atoms with Crippen LogP contribution in [0.15, 0.2) is 18.2 Å². The van der Waals surface area contributed by atoms with Crippen LogP contribution in [0.25, 0.3) is 0 Å². The number of unbranched alkanes of at least 4 members (excludes halogenated alkanes) is 1. The SMILES string of the molecule is CCCCN(CCCl)Cc1cccc(F)c1F. The van der Waals surface area contributed by atoms with Gasteiger partial charge in [-0.3, -0.25) is 4.90 Å². The van der Waals surface area contributed by atoms with E-state index in [0.29, 0.717) is 24.5 Å². The predicted molar refractivity (Wildman–Crippen MR) is 67.3 cm³/mol. The standard InChI is InChI=1S/C13H18ClF2N/c1-2-3-8-17(9-7-14)10-11-5-4-6-12(15)13(11)16/h4-6H,2-3,7-10H2,1H3. The number of hydrogen-bond acceptors (Lipinski definition) is 1. The molecule has 0 fully saturated rings. The van der Waals surface area contributed by atoms with E-state index in [1.54, 1.807) is 6.07 Å². The average Bonchev–Trinajstić information content (AvgIpc) is 2.32. The van der Waals surface area contributed by atoms with Gasteiger partial charge in [0.15, 0.2) is 11.6 Å². The fraction of sp³-hybridized carbons (Fsp3) is 0.538. The summed E-state index contributed by atoms with van der Waals surface area (Å²) in [7, 11) is 0. The van der Waals surface area contributed by atoms with Gasteiger partial charge in [0.2, 0.25) is 0 Å². The van der Waals surface area contributed by atoms with Gasteiger partial charge in [0.05, 0.1) is 0 Å². The molecule has 0 heterocycles. The Labute approximate surface area is 106 Å². The van der Waals surface area contributed by atoms with E-state index in [9.17, 15) is 8.78 Å². The van der Waals surface area contributed by atoms with Crippen molar-refractivity contribution in [3.8, 4) is 0 Å². The Hall–Kier alpha value is -0.670. The summed E-state index contributed by atoms with van der Waals surface area (Å²) in [6, 6.07) is 4.29. The van der Waals surface area contributed by atoms with E-state index in [1.807, 2.05) is 4.90 Å².